The van der Waals surface area contributed by atoms with Crippen LogP contribution >= 0.6 is 11.3 Å². The number of hydrogen-bond donors (Lipinski definition) is 0. The Morgan fingerprint density at radius 3 is 1.85 bits per heavy atom. The molecule has 388 valence electrons. The number of hydrogen-bond acceptors (Lipinski definition) is 2. The summed E-state index contributed by atoms with van der Waals surface area (Å²) < 4.78 is 5.68. The lowest BCUT2D eigenvalue weighted by atomic mass is 9.44. The number of rotatable bonds is 4. The van der Waals surface area contributed by atoms with Crippen LogP contribution in [0.4, 0.5) is 17.1 Å². The van der Waals surface area contributed by atoms with Crippen LogP contribution in [0.3, 0.4) is 0 Å². The van der Waals surface area contributed by atoms with Crippen LogP contribution in [0.1, 0.15) is 139 Å². The predicted octanol–water partition coefficient (Wildman–Crippen LogP) is 18.8. The van der Waals surface area contributed by atoms with Gasteiger partial charge in [-0.2, -0.15) is 0 Å². The largest absolute Gasteiger partial charge is 0.375 e. The average Bonchev–Trinajstić information content (AvgIpc) is 3.00. The van der Waals surface area contributed by atoms with Crippen molar-refractivity contribution < 1.29 is 0 Å². The van der Waals surface area contributed by atoms with Crippen LogP contribution in [-0.4, -0.2) is 11.3 Å². The van der Waals surface area contributed by atoms with E-state index < -0.39 is 0 Å². The van der Waals surface area contributed by atoms with Gasteiger partial charge in [0.25, 0.3) is 0 Å². The molecule has 4 heteroatoms. The third kappa shape index (κ3) is 5.95. The van der Waals surface area contributed by atoms with E-state index in [-0.39, 0.29) is 23.1 Å². The zero-order valence-electron chi connectivity index (χ0n) is 46.7. The van der Waals surface area contributed by atoms with Crippen molar-refractivity contribution in [1.82, 2.24) is 4.48 Å². The topological polar surface area (TPSA) is 8.17 Å². The second-order valence-corrected chi connectivity index (χ2v) is 30.4. The summed E-state index contributed by atoms with van der Waals surface area (Å²) in [5.41, 5.74) is 26.1. The van der Waals surface area contributed by atoms with Gasteiger partial charge in [-0.3, -0.25) is 0 Å². The predicted molar refractivity (Wildman–Crippen MR) is 334 cm³/mol. The molecule has 8 saturated carbocycles. The Morgan fingerprint density at radius 1 is 0.494 bits per heavy atom. The van der Waals surface area contributed by atoms with Gasteiger partial charge in [-0.05, 0) is 250 Å². The van der Waals surface area contributed by atoms with Gasteiger partial charge in [0.15, 0.2) is 0 Å². The number of aromatic nitrogens is 1. The van der Waals surface area contributed by atoms with E-state index in [2.05, 4.69) is 190 Å². The summed E-state index contributed by atoms with van der Waals surface area (Å²) in [7, 11) is 0. The van der Waals surface area contributed by atoms with E-state index >= 15 is 0 Å². The second kappa shape index (κ2) is 15.1. The third-order valence-corrected chi connectivity index (χ3v) is 24.5. The zero-order valence-corrected chi connectivity index (χ0v) is 47.5. The monoisotopic (exact) mass is 1040 g/mol. The first-order valence-corrected chi connectivity index (χ1v) is 31.6. The van der Waals surface area contributed by atoms with Crippen molar-refractivity contribution in [3.8, 4) is 33.4 Å². The summed E-state index contributed by atoms with van der Waals surface area (Å²) in [6, 6.07) is 59.3. The molecule has 10 aromatic rings. The van der Waals surface area contributed by atoms with Gasteiger partial charge in [0.05, 0.1) is 5.69 Å². The highest BCUT2D eigenvalue weighted by molar-refractivity contribution is 7.26. The molecular weight excluding hydrogens is 972 g/mol. The molecule has 79 heavy (non-hydrogen) atoms. The Morgan fingerprint density at radius 2 is 1.14 bits per heavy atom. The Balaban J connectivity index is 0.978. The summed E-state index contributed by atoms with van der Waals surface area (Å²) in [6.45, 7) is 12.2. The molecule has 2 aromatic heterocycles. The van der Waals surface area contributed by atoms with E-state index in [1.165, 1.54) is 197 Å². The number of anilines is 3. The number of benzene rings is 8. The van der Waals surface area contributed by atoms with Gasteiger partial charge in [-0.1, -0.05) is 120 Å². The molecule has 0 spiro atoms. The smallest absolute Gasteiger partial charge is 0.333 e. The lowest BCUT2D eigenvalue weighted by Crippen LogP contribution is -2.57. The molecule has 11 aliphatic rings. The quantitative estimate of drug-likeness (QED) is 0.160. The molecule has 8 aromatic carbocycles. The third-order valence-electron chi connectivity index (χ3n) is 23.4. The first kappa shape index (κ1) is 45.4. The molecule has 8 fully saturated rings. The van der Waals surface area contributed by atoms with Crippen LogP contribution in [0.5, 0.6) is 0 Å². The highest BCUT2D eigenvalue weighted by atomic mass is 32.1. The fourth-order valence-corrected chi connectivity index (χ4v) is 22.1. The molecule has 8 bridgehead atoms. The minimum Gasteiger partial charge on any atom is -0.375 e. The maximum Gasteiger partial charge on any atom is 0.333 e. The number of thiophene rings is 1. The van der Waals surface area contributed by atoms with Crippen molar-refractivity contribution in [2.24, 2.45) is 35.5 Å². The van der Waals surface area contributed by atoms with E-state index in [4.69, 9.17) is 0 Å². The van der Waals surface area contributed by atoms with Crippen molar-refractivity contribution >= 4 is 88.2 Å². The summed E-state index contributed by atoms with van der Waals surface area (Å²) in [6.07, 6.45) is 17.1. The molecule has 9 aliphatic carbocycles. The van der Waals surface area contributed by atoms with Gasteiger partial charge in [0, 0.05) is 69.9 Å². The lowest BCUT2D eigenvalue weighted by molar-refractivity contribution is -0.00527. The summed E-state index contributed by atoms with van der Waals surface area (Å²) in [5.74, 6) is 5.32. The van der Waals surface area contributed by atoms with Crippen LogP contribution in [0.15, 0.2) is 146 Å². The van der Waals surface area contributed by atoms with E-state index in [0.717, 1.165) is 35.5 Å². The Hall–Kier alpha value is -6.36. The Kier molecular flexibility index (Phi) is 8.70. The zero-order chi connectivity index (χ0) is 52.2. The summed E-state index contributed by atoms with van der Waals surface area (Å²) in [5, 5.41) is 5.75. The second-order valence-electron chi connectivity index (χ2n) is 29.3. The van der Waals surface area contributed by atoms with Crippen molar-refractivity contribution in [3.05, 3.63) is 173 Å². The molecule has 2 aliphatic heterocycles. The summed E-state index contributed by atoms with van der Waals surface area (Å²) in [4.78, 5) is 2.78. The molecule has 0 saturated heterocycles. The minimum absolute atomic E-state index is 0.0226. The van der Waals surface area contributed by atoms with E-state index in [0.29, 0.717) is 5.41 Å². The van der Waals surface area contributed by atoms with E-state index in [1.54, 1.807) is 11.1 Å². The molecule has 0 radical (unpaired) electrons. The highest BCUT2D eigenvalue weighted by Crippen LogP contribution is 2.65. The van der Waals surface area contributed by atoms with Crippen LogP contribution in [0, 0.1) is 35.5 Å². The fourth-order valence-electron chi connectivity index (χ4n) is 20.9. The van der Waals surface area contributed by atoms with Crippen molar-refractivity contribution in [2.75, 3.05) is 4.90 Å². The van der Waals surface area contributed by atoms with Gasteiger partial charge < -0.3 is 9.38 Å². The van der Waals surface area contributed by atoms with E-state index in [1.807, 2.05) is 11.3 Å². The standard InChI is InChI=1S/C75H69BN2S/c1-72(2,3)49-19-21-62(54(29-49)48-13-7-6-8-14-48)77-64-33-56-53-16-10-12-18-66(53)79-67(56)35-61(64)76-70-65(77)34-57-52-15-9-11-17-60(52)73(4,5)69(57)68(70)59-32-51(75-39-45-26-46(40-75)28-47(27-45)41-75)31-58-55-30-50(20-22-63(55)78(76)71(58)59)74-36-42-23-43(37-74)25-44(24-42)38-74/h6-22,29-35,42-47H,23-28,36-41H2,1-5H3. The van der Waals surface area contributed by atoms with Crippen molar-refractivity contribution in [3.63, 3.8) is 0 Å². The lowest BCUT2D eigenvalue weighted by Gasteiger charge is -2.57. The molecule has 21 rings (SSSR count). The van der Waals surface area contributed by atoms with E-state index in [9.17, 15) is 0 Å². The summed E-state index contributed by atoms with van der Waals surface area (Å²) >= 11 is 1.98. The maximum absolute atomic E-state index is 2.94. The van der Waals surface area contributed by atoms with Gasteiger partial charge in [0.1, 0.15) is 0 Å². The van der Waals surface area contributed by atoms with Crippen LogP contribution in [-0.2, 0) is 21.7 Å². The number of nitrogens with zero attached hydrogens (tertiary/aromatic N) is 2. The first-order chi connectivity index (χ1) is 38.4. The SMILES string of the molecule is CC(C)(C)c1ccc(N2c3cc4c(cc3B3c5c2cc2c(c5-c5cc(C67CC8CC(CC(C8)C6)C7)cc6c7cc(C89CC%10CC(CC(C%10)C8)C9)ccc7n3c56)C(C)(C)c3ccccc3-2)sc2ccccc24)c(-c2ccccc2)c1. The van der Waals surface area contributed by atoms with Gasteiger partial charge in [-0.15, -0.1) is 11.3 Å². The minimum atomic E-state index is -0.214. The maximum atomic E-state index is 2.94. The van der Waals surface area contributed by atoms with Crippen LogP contribution in [0.2, 0.25) is 0 Å². The molecule has 0 atom stereocenters. The molecule has 0 unspecified atom stereocenters. The molecule has 4 heterocycles. The molecule has 0 N–H and O–H groups in total. The fraction of sp³-hybridized carbons (Fsp3) is 0.360. The first-order valence-electron chi connectivity index (χ1n) is 30.8. The molecule has 2 nitrogen and oxygen atoms in total. The van der Waals surface area contributed by atoms with Gasteiger partial charge in [-0.25, -0.2) is 0 Å². The van der Waals surface area contributed by atoms with Gasteiger partial charge >= 0.3 is 6.85 Å². The average molecular weight is 1040 g/mol. The highest BCUT2D eigenvalue weighted by Gasteiger charge is 2.55. The van der Waals surface area contributed by atoms with Crippen molar-refractivity contribution in [2.45, 2.75) is 133 Å². The van der Waals surface area contributed by atoms with Crippen LogP contribution in [0.25, 0.3) is 75.4 Å². The van der Waals surface area contributed by atoms with Gasteiger partial charge in [0.2, 0.25) is 0 Å². The normalized spacial score (nSPS) is 27.9. The number of fused-ring (bicyclic) bond motifs is 14. The Bertz CT molecular complexity index is 4300. The van der Waals surface area contributed by atoms with Crippen LogP contribution < -0.4 is 15.8 Å². The van der Waals surface area contributed by atoms with Crippen molar-refractivity contribution in [1.29, 1.82) is 0 Å². The Labute approximate surface area is 470 Å². The molecule has 0 amide bonds. The molecular formula is C75H69BN2S.